The Balaban J connectivity index is 0.00000300. The third kappa shape index (κ3) is 6.78. The SMILES string of the molecule is CCS(=O)(=O)NCCNC(=NC)N1CC2OCCN(Cc3ccccc3)C2C1.I. The van der Waals surface area contributed by atoms with E-state index in [2.05, 4.69) is 49.1 Å². The molecule has 0 bridgehead atoms. The number of ether oxygens (including phenoxy) is 1. The third-order valence-electron chi connectivity index (χ3n) is 5.27. The van der Waals surface area contributed by atoms with Crippen molar-refractivity contribution in [3.63, 3.8) is 0 Å². The number of guanidine groups is 1. The number of nitrogens with zero attached hydrogens (tertiary/aromatic N) is 3. The van der Waals surface area contributed by atoms with Crippen LogP contribution in [0.15, 0.2) is 35.3 Å². The van der Waals surface area contributed by atoms with Gasteiger partial charge in [0.05, 0.1) is 24.5 Å². The predicted octanol–water partition coefficient (Wildman–Crippen LogP) is 0.704. The molecule has 2 saturated heterocycles. The zero-order valence-electron chi connectivity index (χ0n) is 17.1. The first kappa shape index (κ1) is 24.3. The molecule has 1 aromatic carbocycles. The third-order valence-corrected chi connectivity index (χ3v) is 6.67. The van der Waals surface area contributed by atoms with Gasteiger partial charge in [-0.2, -0.15) is 0 Å². The van der Waals surface area contributed by atoms with Crippen molar-refractivity contribution in [2.75, 3.05) is 52.1 Å². The van der Waals surface area contributed by atoms with Gasteiger partial charge in [-0.15, -0.1) is 24.0 Å². The molecule has 2 aliphatic heterocycles. The van der Waals surface area contributed by atoms with E-state index in [-0.39, 0.29) is 35.8 Å². The largest absolute Gasteiger partial charge is 0.373 e. The topological polar surface area (TPSA) is 86.3 Å². The molecule has 2 fully saturated rings. The van der Waals surface area contributed by atoms with Crippen LogP contribution in [0.5, 0.6) is 0 Å². The first-order valence-electron chi connectivity index (χ1n) is 9.85. The number of aliphatic imine (C=N–C) groups is 1. The van der Waals surface area contributed by atoms with Crippen molar-refractivity contribution < 1.29 is 13.2 Å². The molecule has 0 aromatic heterocycles. The van der Waals surface area contributed by atoms with E-state index >= 15 is 0 Å². The van der Waals surface area contributed by atoms with Crippen LogP contribution in [0.3, 0.4) is 0 Å². The van der Waals surface area contributed by atoms with E-state index in [1.54, 1.807) is 14.0 Å². The summed E-state index contributed by atoms with van der Waals surface area (Å²) in [6, 6.07) is 10.8. The van der Waals surface area contributed by atoms with Crippen molar-refractivity contribution in [3.8, 4) is 0 Å². The van der Waals surface area contributed by atoms with Crippen LogP contribution in [-0.2, 0) is 21.3 Å². The molecule has 2 atom stereocenters. The Labute approximate surface area is 191 Å². The summed E-state index contributed by atoms with van der Waals surface area (Å²) in [6.07, 6.45) is 0.162. The summed E-state index contributed by atoms with van der Waals surface area (Å²) in [5.74, 6) is 0.875. The summed E-state index contributed by atoms with van der Waals surface area (Å²) in [5.41, 5.74) is 1.31. The Morgan fingerprint density at radius 1 is 1.24 bits per heavy atom. The van der Waals surface area contributed by atoms with Gasteiger partial charge in [-0.05, 0) is 12.5 Å². The van der Waals surface area contributed by atoms with Crippen LogP contribution in [-0.4, -0.2) is 88.5 Å². The maximum Gasteiger partial charge on any atom is 0.211 e. The lowest BCUT2D eigenvalue weighted by atomic mass is 10.1. The minimum absolute atomic E-state index is 0. The molecule has 1 aromatic rings. The lowest BCUT2D eigenvalue weighted by molar-refractivity contribution is -0.0502. The number of likely N-dealkylation sites (tertiary alicyclic amines) is 1. The lowest BCUT2D eigenvalue weighted by Crippen LogP contribution is -2.50. The molecular formula is C19H32IN5O3S. The van der Waals surface area contributed by atoms with Gasteiger partial charge in [-0.1, -0.05) is 30.3 Å². The number of nitrogens with one attached hydrogen (secondary N) is 2. The molecule has 0 aliphatic carbocycles. The number of morpholine rings is 1. The molecule has 164 valence electrons. The molecule has 29 heavy (non-hydrogen) atoms. The van der Waals surface area contributed by atoms with Crippen LogP contribution < -0.4 is 10.0 Å². The number of hydrogen-bond acceptors (Lipinski definition) is 5. The molecule has 0 amide bonds. The second-order valence-corrected chi connectivity index (χ2v) is 9.20. The Morgan fingerprint density at radius 3 is 2.69 bits per heavy atom. The molecule has 0 saturated carbocycles. The highest BCUT2D eigenvalue weighted by Crippen LogP contribution is 2.24. The second kappa shape index (κ2) is 11.4. The van der Waals surface area contributed by atoms with Crippen LogP contribution in [0.25, 0.3) is 0 Å². The maximum absolute atomic E-state index is 11.5. The second-order valence-electron chi connectivity index (χ2n) is 7.11. The van der Waals surface area contributed by atoms with Gasteiger partial charge in [0, 0.05) is 46.3 Å². The van der Waals surface area contributed by atoms with E-state index in [9.17, 15) is 8.42 Å². The zero-order chi connectivity index (χ0) is 20.0. The van der Waals surface area contributed by atoms with Crippen LogP contribution in [0.1, 0.15) is 12.5 Å². The molecule has 8 nitrogen and oxygen atoms in total. The number of sulfonamides is 1. The average molecular weight is 537 g/mol. The summed E-state index contributed by atoms with van der Waals surface area (Å²) >= 11 is 0. The minimum Gasteiger partial charge on any atom is -0.373 e. The van der Waals surface area contributed by atoms with Crippen LogP contribution in [0, 0.1) is 0 Å². The van der Waals surface area contributed by atoms with E-state index in [1.165, 1.54) is 5.56 Å². The fourth-order valence-electron chi connectivity index (χ4n) is 3.76. The van der Waals surface area contributed by atoms with Gasteiger partial charge in [0.15, 0.2) is 5.96 Å². The zero-order valence-corrected chi connectivity index (χ0v) is 20.2. The Morgan fingerprint density at radius 2 is 2.00 bits per heavy atom. The standard InChI is InChI=1S/C19H31N5O3S.HI/c1-3-28(25,26)22-10-9-21-19(20-2)24-14-17-18(15-24)27-12-11-23(17)13-16-7-5-4-6-8-16;/h4-8,17-18,22H,3,9-15H2,1-2H3,(H,20,21);1H. The minimum atomic E-state index is -3.17. The van der Waals surface area contributed by atoms with Gasteiger partial charge in [0.25, 0.3) is 0 Å². The highest BCUT2D eigenvalue weighted by molar-refractivity contribution is 14.0. The molecule has 2 unspecified atom stereocenters. The number of benzene rings is 1. The molecule has 0 radical (unpaired) electrons. The van der Waals surface area contributed by atoms with Crippen molar-refractivity contribution in [1.29, 1.82) is 0 Å². The first-order valence-corrected chi connectivity index (χ1v) is 11.5. The predicted molar refractivity (Wildman–Crippen MR) is 126 cm³/mol. The van der Waals surface area contributed by atoms with Gasteiger partial charge >= 0.3 is 0 Å². The average Bonchev–Trinajstić information content (AvgIpc) is 3.14. The molecule has 0 spiro atoms. The van der Waals surface area contributed by atoms with Gasteiger partial charge in [-0.3, -0.25) is 9.89 Å². The molecule has 10 heteroatoms. The van der Waals surface area contributed by atoms with Crippen LogP contribution >= 0.6 is 24.0 Å². The van der Waals surface area contributed by atoms with Gasteiger partial charge in [0.1, 0.15) is 0 Å². The van der Waals surface area contributed by atoms with E-state index in [0.29, 0.717) is 19.1 Å². The van der Waals surface area contributed by atoms with Gasteiger partial charge in [0.2, 0.25) is 10.0 Å². The fraction of sp³-hybridized carbons (Fsp3) is 0.632. The number of fused-ring (bicyclic) bond motifs is 1. The summed E-state index contributed by atoms with van der Waals surface area (Å²) < 4.78 is 31.6. The smallest absolute Gasteiger partial charge is 0.211 e. The van der Waals surface area contributed by atoms with Crippen molar-refractivity contribution >= 4 is 40.0 Å². The van der Waals surface area contributed by atoms with E-state index in [4.69, 9.17) is 4.74 Å². The quantitative estimate of drug-likeness (QED) is 0.231. The van der Waals surface area contributed by atoms with Crippen molar-refractivity contribution in [1.82, 2.24) is 19.8 Å². The number of hydrogen-bond donors (Lipinski definition) is 2. The summed E-state index contributed by atoms with van der Waals surface area (Å²) in [6.45, 7) is 6.68. The Bertz CT molecular complexity index is 762. The molecule has 2 aliphatic rings. The van der Waals surface area contributed by atoms with Gasteiger partial charge in [-0.25, -0.2) is 13.1 Å². The van der Waals surface area contributed by atoms with Crippen molar-refractivity contribution in [2.45, 2.75) is 25.6 Å². The van der Waals surface area contributed by atoms with Crippen LogP contribution in [0.2, 0.25) is 0 Å². The Kier molecular flexibility index (Phi) is 9.60. The number of rotatable bonds is 7. The molecule has 3 rings (SSSR count). The van der Waals surface area contributed by atoms with E-state index in [0.717, 1.165) is 38.7 Å². The van der Waals surface area contributed by atoms with E-state index in [1.807, 2.05) is 6.07 Å². The molecular weight excluding hydrogens is 505 g/mol. The lowest BCUT2D eigenvalue weighted by Gasteiger charge is -2.36. The highest BCUT2D eigenvalue weighted by atomic mass is 127. The molecule has 2 N–H and O–H groups in total. The monoisotopic (exact) mass is 537 g/mol. The highest BCUT2D eigenvalue weighted by Gasteiger charge is 2.41. The number of halogens is 1. The Hall–Kier alpha value is -0.950. The summed E-state index contributed by atoms with van der Waals surface area (Å²) in [4.78, 5) is 9.06. The fourth-order valence-corrected chi connectivity index (χ4v) is 4.38. The van der Waals surface area contributed by atoms with Crippen LogP contribution in [0.4, 0.5) is 0 Å². The molecule has 2 heterocycles. The van der Waals surface area contributed by atoms with E-state index < -0.39 is 10.0 Å². The van der Waals surface area contributed by atoms with Crippen molar-refractivity contribution in [2.24, 2.45) is 4.99 Å². The maximum atomic E-state index is 11.5. The normalized spacial score (nSPS) is 22.8. The van der Waals surface area contributed by atoms with Crippen molar-refractivity contribution in [3.05, 3.63) is 35.9 Å². The first-order chi connectivity index (χ1) is 13.5. The summed E-state index contributed by atoms with van der Waals surface area (Å²) in [5, 5.41) is 3.26. The van der Waals surface area contributed by atoms with Gasteiger partial charge < -0.3 is 15.0 Å². The summed E-state index contributed by atoms with van der Waals surface area (Å²) in [7, 11) is -1.41.